The first-order valence-electron chi connectivity index (χ1n) is 12.1. The van der Waals surface area contributed by atoms with Gasteiger partial charge in [-0.3, -0.25) is 14.5 Å². The Bertz CT molecular complexity index is 989. The van der Waals surface area contributed by atoms with Crippen molar-refractivity contribution >= 4 is 17.8 Å². The van der Waals surface area contributed by atoms with Crippen LogP contribution in [-0.4, -0.2) is 72.0 Å². The van der Waals surface area contributed by atoms with Gasteiger partial charge in [-0.1, -0.05) is 74.5 Å². The largest absolute Gasteiger partial charge is 1.00 e. The summed E-state index contributed by atoms with van der Waals surface area (Å²) in [5, 5.41) is 13.6. The summed E-state index contributed by atoms with van der Waals surface area (Å²) in [5.74, 6) is -1.97. The molecule has 2 aliphatic rings. The molecule has 0 spiro atoms. The average molecular weight is 502 g/mol. The van der Waals surface area contributed by atoms with Crippen molar-refractivity contribution in [2.75, 3.05) is 26.2 Å². The number of nitrogens with one attached hydrogen (secondary N) is 1. The normalized spacial score (nSPS) is 20.5. The third-order valence-corrected chi connectivity index (χ3v) is 6.53. The predicted octanol–water partition coefficient (Wildman–Crippen LogP) is -2.03. The van der Waals surface area contributed by atoms with Crippen LogP contribution in [0.3, 0.4) is 0 Å². The first-order chi connectivity index (χ1) is 16.8. The first-order valence-corrected chi connectivity index (χ1v) is 12.1. The van der Waals surface area contributed by atoms with Crippen LogP contribution < -0.4 is 40.0 Å². The molecule has 4 rings (SSSR count). The summed E-state index contributed by atoms with van der Waals surface area (Å²) in [6, 6.07) is 20.1. The van der Waals surface area contributed by atoms with E-state index in [0.717, 1.165) is 0 Å². The molecule has 2 heterocycles. The van der Waals surface area contributed by atoms with Crippen molar-refractivity contribution in [3.63, 3.8) is 0 Å². The topological polar surface area (TPSA) is 105 Å². The van der Waals surface area contributed by atoms with Crippen LogP contribution in [0.15, 0.2) is 60.7 Å². The zero-order valence-electron chi connectivity index (χ0n) is 21.1. The summed E-state index contributed by atoms with van der Waals surface area (Å²) in [6.45, 7) is 6.43. The summed E-state index contributed by atoms with van der Waals surface area (Å²) in [7, 11) is 0. The van der Waals surface area contributed by atoms with E-state index in [4.69, 9.17) is 4.74 Å². The van der Waals surface area contributed by atoms with Crippen LogP contribution in [0, 0.1) is 5.92 Å². The molecule has 1 N–H and O–H groups in total. The van der Waals surface area contributed by atoms with Crippen LogP contribution in [0.2, 0.25) is 0 Å². The molecular weight excluding hydrogens is 469 g/mol. The number of amides is 2. The molecule has 0 aliphatic carbocycles. The van der Waals surface area contributed by atoms with Gasteiger partial charge in [0, 0.05) is 26.2 Å². The van der Waals surface area contributed by atoms with Gasteiger partial charge in [-0.25, -0.2) is 0 Å². The Morgan fingerprint density at radius 1 is 0.917 bits per heavy atom. The molecule has 0 radical (unpaired) electrons. The van der Waals surface area contributed by atoms with E-state index in [9.17, 15) is 19.5 Å². The SMILES string of the molecule is CC(C)C[C@H](NC(=O)[C@H]1O[C@@H]1C(=O)[O-])C(=O)N1CCN(C(c2ccccc2)c2ccccc2)CC1.[Na+]. The molecule has 2 amide bonds. The number of carbonyl (C=O) groups excluding carboxylic acids is 3. The minimum Gasteiger partial charge on any atom is -0.547 e. The van der Waals surface area contributed by atoms with E-state index in [2.05, 4.69) is 34.5 Å². The Labute approximate surface area is 234 Å². The van der Waals surface area contributed by atoms with Crippen LogP contribution in [0.5, 0.6) is 0 Å². The molecule has 8 nitrogen and oxygen atoms in total. The van der Waals surface area contributed by atoms with Crippen molar-refractivity contribution in [1.29, 1.82) is 0 Å². The molecule has 0 bridgehead atoms. The molecule has 2 aromatic rings. The fourth-order valence-corrected chi connectivity index (χ4v) is 4.74. The summed E-state index contributed by atoms with van der Waals surface area (Å²) >= 11 is 0. The molecule has 9 heteroatoms. The third-order valence-electron chi connectivity index (χ3n) is 6.53. The molecule has 36 heavy (non-hydrogen) atoms. The average Bonchev–Trinajstić information content (AvgIpc) is 3.67. The quantitative estimate of drug-likeness (QED) is 0.314. The molecule has 2 saturated heterocycles. The summed E-state index contributed by atoms with van der Waals surface area (Å²) in [4.78, 5) is 40.9. The Balaban J connectivity index is 0.00000361. The number of carboxylic acid groups (broad SMARTS) is 1. The fraction of sp³-hybridized carbons (Fsp3) is 0.444. The van der Waals surface area contributed by atoms with Crippen molar-refractivity contribution in [2.24, 2.45) is 5.92 Å². The third kappa shape index (κ3) is 6.95. The Hall–Kier alpha value is -2.23. The Kier molecular flexibility index (Phi) is 10.1. The molecule has 2 aromatic carbocycles. The minimum absolute atomic E-state index is 0. The zero-order valence-corrected chi connectivity index (χ0v) is 23.1. The summed E-state index contributed by atoms with van der Waals surface area (Å²) in [6.07, 6.45) is -1.86. The molecule has 3 atom stereocenters. The molecule has 0 saturated carbocycles. The maximum atomic E-state index is 13.4. The van der Waals surface area contributed by atoms with Crippen LogP contribution in [0.4, 0.5) is 0 Å². The molecular formula is C27H32N3NaO5. The van der Waals surface area contributed by atoms with Crippen molar-refractivity contribution in [3.05, 3.63) is 71.8 Å². The summed E-state index contributed by atoms with van der Waals surface area (Å²) in [5.41, 5.74) is 2.41. The number of nitrogens with zero attached hydrogens (tertiary/aromatic N) is 2. The van der Waals surface area contributed by atoms with E-state index >= 15 is 0 Å². The molecule has 0 unspecified atom stereocenters. The molecule has 0 aromatic heterocycles. The zero-order chi connectivity index (χ0) is 24.9. The van der Waals surface area contributed by atoms with Crippen molar-refractivity contribution in [2.45, 2.75) is 44.6 Å². The number of carbonyl (C=O) groups is 3. The standard InChI is InChI=1S/C27H33N3O5.Na/c1-18(2)17-21(28-25(31)23-24(35-23)27(33)34)26(32)30-15-13-29(14-16-30)22(19-9-5-3-6-10-19)20-11-7-4-8-12-20;/h3-12,18,21-24H,13-17H2,1-2H3,(H,28,31)(H,33,34);/q;+1/p-1/t21-,23-,24-;/m0./s1. The van der Waals surface area contributed by atoms with Gasteiger partial charge in [-0.15, -0.1) is 0 Å². The fourth-order valence-electron chi connectivity index (χ4n) is 4.74. The van der Waals surface area contributed by atoms with Crippen LogP contribution in [0.25, 0.3) is 0 Å². The first kappa shape index (κ1) is 28.3. The van der Waals surface area contributed by atoms with Crippen LogP contribution >= 0.6 is 0 Å². The predicted molar refractivity (Wildman–Crippen MR) is 128 cm³/mol. The maximum absolute atomic E-state index is 13.4. The second-order valence-corrected chi connectivity index (χ2v) is 9.57. The van der Waals surface area contributed by atoms with E-state index in [0.29, 0.717) is 32.6 Å². The number of hydrogen-bond acceptors (Lipinski definition) is 6. The second kappa shape index (κ2) is 12.8. The smallest absolute Gasteiger partial charge is 0.547 e. The van der Waals surface area contributed by atoms with Gasteiger partial charge in [-0.2, -0.15) is 0 Å². The van der Waals surface area contributed by atoms with E-state index in [1.807, 2.05) is 50.2 Å². The number of hydrogen-bond donors (Lipinski definition) is 1. The number of piperazine rings is 1. The molecule has 186 valence electrons. The van der Waals surface area contributed by atoms with Crippen molar-refractivity contribution in [3.8, 4) is 0 Å². The summed E-state index contributed by atoms with van der Waals surface area (Å²) < 4.78 is 4.89. The van der Waals surface area contributed by atoms with Crippen LogP contribution in [-0.2, 0) is 19.1 Å². The van der Waals surface area contributed by atoms with Gasteiger partial charge in [0.15, 0.2) is 6.10 Å². The van der Waals surface area contributed by atoms with Gasteiger partial charge < -0.3 is 24.9 Å². The van der Waals surface area contributed by atoms with Gasteiger partial charge in [0.05, 0.1) is 12.0 Å². The Morgan fingerprint density at radius 3 is 1.89 bits per heavy atom. The van der Waals surface area contributed by atoms with Gasteiger partial charge >= 0.3 is 29.6 Å². The van der Waals surface area contributed by atoms with Gasteiger partial charge in [0.25, 0.3) is 5.91 Å². The second-order valence-electron chi connectivity index (χ2n) is 9.57. The van der Waals surface area contributed by atoms with Crippen molar-refractivity contribution in [1.82, 2.24) is 15.1 Å². The van der Waals surface area contributed by atoms with Crippen LogP contribution in [0.1, 0.15) is 37.4 Å². The van der Waals surface area contributed by atoms with E-state index in [1.54, 1.807) is 4.90 Å². The molecule has 2 fully saturated rings. The number of aliphatic carboxylic acids is 1. The Morgan fingerprint density at radius 2 is 1.44 bits per heavy atom. The van der Waals surface area contributed by atoms with Gasteiger partial charge in [-0.05, 0) is 23.5 Å². The maximum Gasteiger partial charge on any atom is 1.00 e. The van der Waals surface area contributed by atoms with Gasteiger partial charge in [0.2, 0.25) is 5.91 Å². The van der Waals surface area contributed by atoms with E-state index in [1.165, 1.54) is 11.1 Å². The number of rotatable bonds is 9. The number of epoxide rings is 1. The number of ether oxygens (including phenoxy) is 1. The van der Waals surface area contributed by atoms with Crippen molar-refractivity contribution < 1.29 is 53.8 Å². The van der Waals surface area contributed by atoms with Gasteiger partial charge in [0.1, 0.15) is 12.1 Å². The molecule has 2 aliphatic heterocycles. The minimum atomic E-state index is -1.42. The van der Waals surface area contributed by atoms with E-state index < -0.39 is 30.1 Å². The van der Waals surface area contributed by atoms with E-state index in [-0.39, 0.29) is 47.4 Å². The monoisotopic (exact) mass is 501 g/mol. The number of benzene rings is 2. The number of carboxylic acids is 1.